The number of aliphatic carboxylic acids is 1. The van der Waals surface area contributed by atoms with Gasteiger partial charge in [-0.3, -0.25) is 19.4 Å². The fraction of sp³-hybridized carbons (Fsp3) is 0.125. The summed E-state index contributed by atoms with van der Waals surface area (Å²) in [5.74, 6) is -3.51. The maximum atomic E-state index is 13.9. The highest BCUT2D eigenvalue weighted by Gasteiger charge is 2.23. The van der Waals surface area contributed by atoms with Gasteiger partial charge in [-0.05, 0) is 24.1 Å². The predicted molar refractivity (Wildman–Crippen MR) is 121 cm³/mol. The van der Waals surface area contributed by atoms with E-state index < -0.39 is 41.2 Å². The number of rotatable bonds is 7. The Morgan fingerprint density at radius 3 is 2.59 bits per heavy atom. The van der Waals surface area contributed by atoms with Crippen LogP contribution in [0.4, 0.5) is 4.39 Å². The molecule has 10 heteroatoms. The lowest BCUT2D eigenvalue weighted by Gasteiger charge is -2.14. The summed E-state index contributed by atoms with van der Waals surface area (Å²) in [6, 6.07) is 12.1. The molecule has 0 spiro atoms. The number of nitrogens with zero attached hydrogens (tertiary/aromatic N) is 3. The van der Waals surface area contributed by atoms with E-state index in [1.807, 2.05) is 30.3 Å². The molecule has 0 atom stereocenters. The molecule has 3 aromatic heterocycles. The third-order valence-corrected chi connectivity index (χ3v) is 5.18. The van der Waals surface area contributed by atoms with Gasteiger partial charge in [-0.1, -0.05) is 30.3 Å². The van der Waals surface area contributed by atoms with E-state index in [0.29, 0.717) is 13.0 Å². The van der Waals surface area contributed by atoms with Gasteiger partial charge in [-0.15, -0.1) is 0 Å². The Labute approximate surface area is 192 Å². The summed E-state index contributed by atoms with van der Waals surface area (Å²) in [6.07, 6.45) is 4.31. The molecule has 0 aliphatic heterocycles. The van der Waals surface area contributed by atoms with Crippen LogP contribution in [0.15, 0.2) is 65.8 Å². The molecule has 9 nitrogen and oxygen atoms in total. The van der Waals surface area contributed by atoms with Gasteiger partial charge in [0.25, 0.3) is 11.5 Å². The summed E-state index contributed by atoms with van der Waals surface area (Å²) < 4.78 is 15.4. The monoisotopic (exact) mass is 462 g/mol. The van der Waals surface area contributed by atoms with Gasteiger partial charge in [0.05, 0.1) is 17.3 Å². The minimum atomic E-state index is -1.29. The van der Waals surface area contributed by atoms with Crippen molar-refractivity contribution < 1.29 is 24.2 Å². The van der Waals surface area contributed by atoms with Crippen molar-refractivity contribution >= 4 is 22.6 Å². The topological polar surface area (TPSA) is 134 Å². The molecule has 0 aliphatic rings. The van der Waals surface area contributed by atoms with Gasteiger partial charge >= 0.3 is 5.97 Å². The van der Waals surface area contributed by atoms with Crippen LogP contribution in [0.2, 0.25) is 0 Å². The molecule has 4 rings (SSSR count). The van der Waals surface area contributed by atoms with Crippen molar-refractivity contribution in [3.8, 4) is 17.0 Å². The molecule has 0 saturated heterocycles. The number of carbonyl (C=O) groups is 2. The zero-order valence-electron chi connectivity index (χ0n) is 17.7. The van der Waals surface area contributed by atoms with Crippen LogP contribution in [-0.2, 0) is 17.8 Å². The maximum absolute atomic E-state index is 13.9. The highest BCUT2D eigenvalue weighted by molar-refractivity contribution is 6.06. The van der Waals surface area contributed by atoms with Crippen LogP contribution in [0.5, 0.6) is 5.75 Å². The molecule has 3 heterocycles. The van der Waals surface area contributed by atoms with Crippen LogP contribution < -0.4 is 10.9 Å². The molecule has 0 radical (unpaired) electrons. The second kappa shape index (κ2) is 9.49. The summed E-state index contributed by atoms with van der Waals surface area (Å²) >= 11 is 0. The maximum Gasteiger partial charge on any atom is 0.322 e. The number of hydrogen-bond donors (Lipinski definition) is 3. The molecule has 34 heavy (non-hydrogen) atoms. The first-order valence-electron chi connectivity index (χ1n) is 10.3. The predicted octanol–water partition coefficient (Wildman–Crippen LogP) is 2.36. The Morgan fingerprint density at radius 2 is 1.88 bits per heavy atom. The number of fused-ring (bicyclic) bond motifs is 1. The number of aryl methyl sites for hydroxylation is 2. The Bertz CT molecular complexity index is 1450. The van der Waals surface area contributed by atoms with Gasteiger partial charge in [0.2, 0.25) is 0 Å². The standard InChI is InChI=1S/C24H19FN4O5/c25-16-10-15(11-26-12-16)20-19-17(22(32)21(28-20)23(33)27-13-18(30)31)7-9-29(24(19)34)8-6-14-4-2-1-3-5-14/h1-5,7,9-12,32H,6,8,13H2,(H,27,33)(H,30,31). The zero-order chi connectivity index (χ0) is 24.2. The third kappa shape index (κ3) is 4.60. The number of carboxylic acids is 1. The number of hydrogen-bond acceptors (Lipinski definition) is 6. The van der Waals surface area contributed by atoms with Gasteiger partial charge in [-0.25, -0.2) is 9.37 Å². The molecule has 0 fully saturated rings. The number of pyridine rings is 3. The lowest BCUT2D eigenvalue weighted by molar-refractivity contribution is -0.135. The summed E-state index contributed by atoms with van der Waals surface area (Å²) in [7, 11) is 0. The molecule has 0 aliphatic carbocycles. The first-order valence-corrected chi connectivity index (χ1v) is 10.3. The molecule has 0 bridgehead atoms. The molecular weight excluding hydrogens is 443 g/mol. The molecule has 1 aromatic carbocycles. The first kappa shape index (κ1) is 22.6. The van der Waals surface area contributed by atoms with Gasteiger partial charge in [-0.2, -0.15) is 0 Å². The van der Waals surface area contributed by atoms with Crippen molar-refractivity contribution in [3.05, 3.63) is 88.5 Å². The van der Waals surface area contributed by atoms with Crippen LogP contribution in [0.1, 0.15) is 16.1 Å². The second-order valence-electron chi connectivity index (χ2n) is 7.46. The van der Waals surface area contributed by atoms with Crippen molar-refractivity contribution in [2.45, 2.75) is 13.0 Å². The van der Waals surface area contributed by atoms with E-state index in [2.05, 4.69) is 15.3 Å². The Kier molecular flexibility index (Phi) is 6.30. The number of halogens is 1. The van der Waals surface area contributed by atoms with Crippen LogP contribution in [0.25, 0.3) is 22.0 Å². The highest BCUT2D eigenvalue weighted by atomic mass is 19.1. The van der Waals surface area contributed by atoms with E-state index in [1.54, 1.807) is 0 Å². The fourth-order valence-corrected chi connectivity index (χ4v) is 3.57. The number of carboxylic acid groups (broad SMARTS) is 1. The second-order valence-corrected chi connectivity index (χ2v) is 7.46. The van der Waals surface area contributed by atoms with Crippen LogP contribution in [0, 0.1) is 5.82 Å². The van der Waals surface area contributed by atoms with Crippen LogP contribution in [-0.4, -0.2) is 43.2 Å². The van der Waals surface area contributed by atoms with Crippen molar-refractivity contribution in [1.29, 1.82) is 0 Å². The van der Waals surface area contributed by atoms with Crippen molar-refractivity contribution in [1.82, 2.24) is 19.9 Å². The average molecular weight is 462 g/mol. The van der Waals surface area contributed by atoms with Crippen molar-refractivity contribution in [2.24, 2.45) is 0 Å². The Balaban J connectivity index is 1.87. The normalized spacial score (nSPS) is 10.9. The van der Waals surface area contributed by atoms with E-state index in [-0.39, 0.29) is 22.0 Å². The quantitative estimate of drug-likeness (QED) is 0.384. The lowest BCUT2D eigenvalue weighted by Crippen LogP contribution is -2.30. The molecule has 0 saturated carbocycles. The number of aromatic hydroxyl groups is 1. The lowest BCUT2D eigenvalue weighted by atomic mass is 10.0. The SMILES string of the molecule is O=C(O)CNC(=O)c1nc(-c2cncc(F)c2)c2c(=O)n(CCc3ccccc3)ccc2c1O. The number of amides is 1. The van der Waals surface area contributed by atoms with Gasteiger partial charge in [0.1, 0.15) is 12.4 Å². The number of benzene rings is 1. The first-order chi connectivity index (χ1) is 16.3. The third-order valence-electron chi connectivity index (χ3n) is 5.18. The van der Waals surface area contributed by atoms with E-state index in [1.165, 1.54) is 23.0 Å². The van der Waals surface area contributed by atoms with Crippen LogP contribution in [0.3, 0.4) is 0 Å². The molecule has 0 unspecified atom stereocenters. The minimum Gasteiger partial charge on any atom is -0.505 e. The molecule has 1 amide bonds. The van der Waals surface area contributed by atoms with Crippen molar-refractivity contribution in [2.75, 3.05) is 6.54 Å². The van der Waals surface area contributed by atoms with Crippen molar-refractivity contribution in [3.63, 3.8) is 0 Å². The minimum absolute atomic E-state index is 0.0183. The molecule has 4 aromatic rings. The molecule has 3 N–H and O–H groups in total. The summed E-state index contributed by atoms with van der Waals surface area (Å²) in [4.78, 5) is 44.6. The summed E-state index contributed by atoms with van der Waals surface area (Å²) in [6.45, 7) is -0.364. The fourth-order valence-electron chi connectivity index (χ4n) is 3.57. The number of nitrogens with one attached hydrogen (secondary N) is 1. The van der Waals surface area contributed by atoms with Gasteiger partial charge < -0.3 is 20.1 Å². The number of carbonyl (C=O) groups excluding carboxylic acids is 1. The van der Waals surface area contributed by atoms with Gasteiger partial charge in [0, 0.05) is 29.9 Å². The van der Waals surface area contributed by atoms with E-state index in [0.717, 1.165) is 17.8 Å². The van der Waals surface area contributed by atoms with E-state index in [4.69, 9.17) is 5.11 Å². The summed E-state index contributed by atoms with van der Waals surface area (Å²) in [5, 5.41) is 21.7. The van der Waals surface area contributed by atoms with Crippen LogP contribution >= 0.6 is 0 Å². The zero-order valence-corrected chi connectivity index (χ0v) is 17.7. The molecular formula is C24H19FN4O5. The summed E-state index contributed by atoms with van der Waals surface area (Å²) in [5.41, 5.74) is 0.104. The average Bonchev–Trinajstić information content (AvgIpc) is 2.83. The van der Waals surface area contributed by atoms with E-state index in [9.17, 15) is 23.9 Å². The highest BCUT2D eigenvalue weighted by Crippen LogP contribution is 2.32. The number of aromatic nitrogens is 3. The Hall–Kier alpha value is -4.60. The molecule has 172 valence electrons. The largest absolute Gasteiger partial charge is 0.505 e. The van der Waals surface area contributed by atoms with E-state index >= 15 is 0 Å². The van der Waals surface area contributed by atoms with Gasteiger partial charge in [0.15, 0.2) is 11.4 Å². The smallest absolute Gasteiger partial charge is 0.322 e. The Morgan fingerprint density at radius 1 is 1.12 bits per heavy atom.